The molecule has 0 fully saturated rings. The highest BCUT2D eigenvalue weighted by molar-refractivity contribution is 7.93. The predicted octanol–water partition coefficient (Wildman–Crippen LogP) is 1.32. The minimum atomic E-state index is -3.48. The SMILES string of the molecule is CCNC(=NCC(O)CS(=O)(=O)c1cccs1)N(C)Cc1cccn1C. The lowest BCUT2D eigenvalue weighted by Crippen LogP contribution is -2.39. The second kappa shape index (κ2) is 9.20. The number of guanidine groups is 1. The smallest absolute Gasteiger partial charge is 0.194 e. The summed E-state index contributed by atoms with van der Waals surface area (Å²) in [6.07, 6.45) is 0.922. The third-order valence-corrected chi connectivity index (χ3v) is 7.10. The van der Waals surface area contributed by atoms with Crippen LogP contribution in [-0.2, 0) is 23.4 Å². The van der Waals surface area contributed by atoms with Gasteiger partial charge in [0.15, 0.2) is 15.8 Å². The molecule has 2 heterocycles. The van der Waals surface area contributed by atoms with Crippen molar-refractivity contribution in [2.24, 2.45) is 12.0 Å². The highest BCUT2D eigenvalue weighted by Crippen LogP contribution is 2.18. The summed E-state index contributed by atoms with van der Waals surface area (Å²) in [5.41, 5.74) is 1.12. The van der Waals surface area contributed by atoms with Crippen molar-refractivity contribution in [3.63, 3.8) is 0 Å². The molecule has 2 N–H and O–H groups in total. The molecule has 0 saturated heterocycles. The second-order valence-electron chi connectivity index (χ2n) is 6.03. The van der Waals surface area contributed by atoms with E-state index in [1.54, 1.807) is 17.5 Å². The van der Waals surface area contributed by atoms with Crippen molar-refractivity contribution in [1.82, 2.24) is 14.8 Å². The Kier molecular flexibility index (Phi) is 7.24. The van der Waals surface area contributed by atoms with Crippen molar-refractivity contribution in [3.05, 3.63) is 41.5 Å². The van der Waals surface area contributed by atoms with Gasteiger partial charge in [0.05, 0.1) is 24.9 Å². The van der Waals surface area contributed by atoms with Gasteiger partial charge < -0.3 is 19.9 Å². The maximum Gasteiger partial charge on any atom is 0.194 e. The molecule has 9 heteroatoms. The summed E-state index contributed by atoms with van der Waals surface area (Å²) in [6, 6.07) is 7.24. The van der Waals surface area contributed by atoms with Gasteiger partial charge in [0.25, 0.3) is 0 Å². The largest absolute Gasteiger partial charge is 0.390 e. The van der Waals surface area contributed by atoms with Crippen LogP contribution in [0.5, 0.6) is 0 Å². The standard InChI is InChI=1S/C17H26N4O3S2/c1-4-18-17(21(3)12-14-7-5-9-20(14)2)19-11-15(22)13-26(23,24)16-8-6-10-25-16/h5-10,15,22H,4,11-13H2,1-3H3,(H,18,19). The number of nitrogens with one attached hydrogen (secondary N) is 1. The summed E-state index contributed by atoms with van der Waals surface area (Å²) < 4.78 is 26.8. The Morgan fingerprint density at radius 2 is 2.19 bits per heavy atom. The minimum Gasteiger partial charge on any atom is -0.390 e. The number of aliphatic imine (C=N–C) groups is 1. The van der Waals surface area contributed by atoms with Gasteiger partial charge in [-0.15, -0.1) is 11.3 Å². The summed E-state index contributed by atoms with van der Waals surface area (Å²) in [4.78, 5) is 6.34. The molecular weight excluding hydrogens is 372 g/mol. The van der Waals surface area contributed by atoms with Crippen LogP contribution in [0.25, 0.3) is 0 Å². The van der Waals surface area contributed by atoms with Gasteiger partial charge in [-0.05, 0) is 30.5 Å². The quantitative estimate of drug-likeness (QED) is 0.517. The molecule has 26 heavy (non-hydrogen) atoms. The van der Waals surface area contributed by atoms with Crippen molar-refractivity contribution in [2.75, 3.05) is 25.9 Å². The van der Waals surface area contributed by atoms with Crippen molar-refractivity contribution in [1.29, 1.82) is 0 Å². The number of aryl methyl sites for hydroxylation is 1. The molecule has 0 aliphatic heterocycles. The van der Waals surface area contributed by atoms with Crippen LogP contribution in [0, 0.1) is 0 Å². The topological polar surface area (TPSA) is 86.9 Å². The molecule has 1 atom stereocenters. The fraction of sp³-hybridized carbons (Fsp3) is 0.471. The zero-order valence-electron chi connectivity index (χ0n) is 15.3. The molecule has 2 aromatic heterocycles. The average Bonchev–Trinajstić information content (AvgIpc) is 3.24. The number of aliphatic hydroxyl groups is 1. The zero-order chi connectivity index (χ0) is 19.2. The minimum absolute atomic E-state index is 0.0183. The molecule has 2 aromatic rings. The summed E-state index contributed by atoms with van der Waals surface area (Å²) >= 11 is 1.15. The highest BCUT2D eigenvalue weighted by atomic mass is 32.2. The van der Waals surface area contributed by atoms with Crippen LogP contribution in [0.3, 0.4) is 0 Å². The first-order chi connectivity index (χ1) is 12.3. The number of aromatic nitrogens is 1. The summed E-state index contributed by atoms with van der Waals surface area (Å²) in [6.45, 7) is 3.31. The van der Waals surface area contributed by atoms with Crippen LogP contribution >= 0.6 is 11.3 Å². The Hall–Kier alpha value is -1.84. The van der Waals surface area contributed by atoms with Gasteiger partial charge in [-0.2, -0.15) is 0 Å². The molecule has 7 nitrogen and oxygen atoms in total. The van der Waals surface area contributed by atoms with E-state index in [0.717, 1.165) is 17.0 Å². The van der Waals surface area contributed by atoms with E-state index in [-0.39, 0.29) is 16.5 Å². The molecule has 0 spiro atoms. The fourth-order valence-corrected chi connectivity index (χ4v) is 4.94. The number of aliphatic hydroxyl groups excluding tert-OH is 1. The fourth-order valence-electron chi connectivity index (χ4n) is 2.47. The van der Waals surface area contributed by atoms with Gasteiger partial charge in [-0.3, -0.25) is 4.99 Å². The molecule has 0 amide bonds. The molecular formula is C17H26N4O3S2. The van der Waals surface area contributed by atoms with Crippen LogP contribution in [0.2, 0.25) is 0 Å². The van der Waals surface area contributed by atoms with Gasteiger partial charge >= 0.3 is 0 Å². The molecule has 0 saturated carbocycles. The first-order valence-electron chi connectivity index (χ1n) is 8.37. The lowest BCUT2D eigenvalue weighted by atomic mass is 10.4. The van der Waals surface area contributed by atoms with Gasteiger partial charge in [-0.1, -0.05) is 6.07 Å². The van der Waals surface area contributed by atoms with E-state index in [9.17, 15) is 13.5 Å². The predicted molar refractivity (Wildman–Crippen MR) is 105 cm³/mol. The second-order valence-corrected chi connectivity index (χ2v) is 9.24. The number of rotatable bonds is 8. The Balaban J connectivity index is 2.00. The van der Waals surface area contributed by atoms with E-state index >= 15 is 0 Å². The normalized spacial score (nSPS) is 13.6. The number of sulfone groups is 1. The van der Waals surface area contributed by atoms with Gasteiger partial charge in [0.1, 0.15) is 4.21 Å². The van der Waals surface area contributed by atoms with E-state index in [2.05, 4.69) is 10.3 Å². The first-order valence-corrected chi connectivity index (χ1v) is 10.9. The molecule has 144 valence electrons. The van der Waals surface area contributed by atoms with E-state index in [1.807, 2.05) is 48.8 Å². The van der Waals surface area contributed by atoms with Gasteiger partial charge in [-0.25, -0.2) is 8.42 Å². The van der Waals surface area contributed by atoms with Crippen LogP contribution < -0.4 is 5.32 Å². The van der Waals surface area contributed by atoms with E-state index in [1.165, 1.54) is 0 Å². The van der Waals surface area contributed by atoms with Crippen LogP contribution in [0.4, 0.5) is 0 Å². The number of nitrogens with zero attached hydrogens (tertiary/aromatic N) is 3. The van der Waals surface area contributed by atoms with Crippen molar-refractivity contribution >= 4 is 27.1 Å². The molecule has 0 aromatic carbocycles. The summed E-state index contributed by atoms with van der Waals surface area (Å²) in [5, 5.41) is 15.0. The third-order valence-electron chi connectivity index (χ3n) is 3.81. The molecule has 0 aliphatic rings. The van der Waals surface area contributed by atoms with Crippen LogP contribution in [0.15, 0.2) is 45.0 Å². The maximum atomic E-state index is 12.2. The summed E-state index contributed by atoms with van der Waals surface area (Å²) in [5.74, 6) is 0.291. The van der Waals surface area contributed by atoms with Crippen LogP contribution in [-0.4, -0.2) is 60.9 Å². The Bertz CT molecular complexity index is 813. The van der Waals surface area contributed by atoms with E-state index in [0.29, 0.717) is 19.0 Å². The molecule has 0 radical (unpaired) electrons. The lowest BCUT2D eigenvalue weighted by molar-refractivity contribution is 0.205. The zero-order valence-corrected chi connectivity index (χ0v) is 16.9. The van der Waals surface area contributed by atoms with Crippen molar-refractivity contribution in [2.45, 2.75) is 23.8 Å². The van der Waals surface area contributed by atoms with Crippen molar-refractivity contribution in [3.8, 4) is 0 Å². The first kappa shape index (κ1) is 20.5. The molecule has 0 bridgehead atoms. The lowest BCUT2D eigenvalue weighted by Gasteiger charge is -2.22. The monoisotopic (exact) mass is 398 g/mol. The number of thiophene rings is 1. The van der Waals surface area contributed by atoms with Crippen LogP contribution in [0.1, 0.15) is 12.6 Å². The Morgan fingerprint density at radius 3 is 2.77 bits per heavy atom. The Morgan fingerprint density at radius 1 is 1.42 bits per heavy atom. The van der Waals surface area contributed by atoms with Crippen molar-refractivity contribution < 1.29 is 13.5 Å². The highest BCUT2D eigenvalue weighted by Gasteiger charge is 2.21. The third kappa shape index (κ3) is 5.58. The summed E-state index contributed by atoms with van der Waals surface area (Å²) in [7, 11) is 0.403. The van der Waals surface area contributed by atoms with Gasteiger partial charge in [0.2, 0.25) is 0 Å². The van der Waals surface area contributed by atoms with Gasteiger partial charge in [0, 0.05) is 32.5 Å². The Labute approximate surface area is 158 Å². The molecule has 0 aliphatic carbocycles. The number of hydrogen-bond acceptors (Lipinski definition) is 5. The number of hydrogen-bond donors (Lipinski definition) is 2. The van der Waals surface area contributed by atoms with E-state index in [4.69, 9.17) is 0 Å². The maximum absolute atomic E-state index is 12.2. The van der Waals surface area contributed by atoms with E-state index < -0.39 is 15.9 Å². The molecule has 1 unspecified atom stereocenters. The molecule has 2 rings (SSSR count). The average molecular weight is 399 g/mol.